The predicted octanol–water partition coefficient (Wildman–Crippen LogP) is 0.421. The summed E-state index contributed by atoms with van der Waals surface area (Å²) in [6.07, 6.45) is 2.30. The molecule has 0 bridgehead atoms. The summed E-state index contributed by atoms with van der Waals surface area (Å²) in [5.74, 6) is -0.445. The van der Waals surface area contributed by atoms with Crippen LogP contribution in [0.15, 0.2) is 11.6 Å². The average molecular weight is 158 g/mol. The van der Waals surface area contributed by atoms with Gasteiger partial charge in [0.2, 0.25) is 0 Å². The Balaban J connectivity index is 2.67. The second-order valence-corrected chi connectivity index (χ2v) is 2.43. The van der Waals surface area contributed by atoms with Gasteiger partial charge in [0.1, 0.15) is 0 Å². The van der Waals surface area contributed by atoms with Crippen molar-refractivity contribution >= 4 is 5.97 Å². The minimum atomic E-state index is -2.13. The van der Waals surface area contributed by atoms with Crippen LogP contribution in [0, 0.1) is 0 Å². The molecule has 0 N–H and O–H groups in total. The second-order valence-electron chi connectivity index (χ2n) is 2.43. The summed E-state index contributed by atoms with van der Waals surface area (Å²) in [6.45, 7) is -1.53. The molecule has 0 saturated carbocycles. The van der Waals surface area contributed by atoms with Crippen molar-refractivity contribution in [2.45, 2.75) is 6.42 Å². The van der Waals surface area contributed by atoms with Crippen LogP contribution in [0.4, 0.5) is 0 Å². The van der Waals surface area contributed by atoms with Crippen LogP contribution in [0.2, 0.25) is 0 Å². The molecule has 0 aliphatic carbocycles. The molecule has 3 heteroatoms. The zero-order valence-electron chi connectivity index (χ0n) is 9.46. The second kappa shape index (κ2) is 3.53. The van der Waals surface area contributed by atoms with Crippen LogP contribution in [0.25, 0.3) is 0 Å². The summed E-state index contributed by atoms with van der Waals surface area (Å²) in [5, 5.41) is 0. The summed E-state index contributed by atoms with van der Waals surface area (Å²) >= 11 is 0. The SMILES string of the molecule is [2H]C([2H])([2H])N1CCC=C(C(=O)OC)C1. The van der Waals surface area contributed by atoms with Crippen LogP contribution >= 0.6 is 0 Å². The fraction of sp³-hybridized carbons (Fsp3) is 0.625. The van der Waals surface area contributed by atoms with Crippen LogP contribution in [-0.2, 0) is 9.53 Å². The minimum absolute atomic E-state index is 0.142. The lowest BCUT2D eigenvalue weighted by atomic mass is 10.1. The molecular weight excluding hydrogens is 142 g/mol. The Bertz CT molecular complexity index is 260. The van der Waals surface area contributed by atoms with E-state index in [1.54, 1.807) is 6.08 Å². The molecule has 0 radical (unpaired) electrons. The summed E-state index contributed by atoms with van der Waals surface area (Å²) in [4.78, 5) is 12.4. The number of hydrogen-bond donors (Lipinski definition) is 0. The summed E-state index contributed by atoms with van der Waals surface area (Å²) in [5.41, 5.74) is 0.426. The maximum absolute atomic E-state index is 11.1. The zero-order valence-corrected chi connectivity index (χ0v) is 6.46. The standard InChI is InChI=1S/C8H13NO2/c1-9-5-3-4-7(6-9)8(10)11-2/h4H,3,5-6H2,1-2H3/i1D3. The van der Waals surface area contributed by atoms with Crippen molar-refractivity contribution in [2.24, 2.45) is 0 Å². The Labute approximate surface area is 70.8 Å². The predicted molar refractivity (Wildman–Crippen MR) is 42.2 cm³/mol. The summed E-state index contributed by atoms with van der Waals surface area (Å²) < 4.78 is 26.1. The van der Waals surface area contributed by atoms with Gasteiger partial charge in [0.05, 0.1) is 7.11 Å². The van der Waals surface area contributed by atoms with E-state index in [1.165, 1.54) is 12.0 Å². The third-order valence-electron chi connectivity index (χ3n) is 1.60. The monoisotopic (exact) mass is 158 g/mol. The first-order valence-electron chi connectivity index (χ1n) is 4.97. The largest absolute Gasteiger partial charge is 0.466 e. The van der Waals surface area contributed by atoms with E-state index < -0.39 is 12.9 Å². The number of methoxy groups -OCH3 is 1. The molecule has 0 fully saturated rings. The smallest absolute Gasteiger partial charge is 0.334 e. The fourth-order valence-electron chi connectivity index (χ4n) is 1.02. The molecule has 11 heavy (non-hydrogen) atoms. The van der Waals surface area contributed by atoms with E-state index in [-0.39, 0.29) is 6.54 Å². The number of ether oxygens (including phenoxy) is 1. The Morgan fingerprint density at radius 1 is 1.91 bits per heavy atom. The highest BCUT2D eigenvalue weighted by Gasteiger charge is 2.14. The molecule has 62 valence electrons. The molecule has 1 heterocycles. The van der Waals surface area contributed by atoms with E-state index in [1.807, 2.05) is 0 Å². The quantitative estimate of drug-likeness (QED) is 0.518. The fourth-order valence-corrected chi connectivity index (χ4v) is 1.02. The lowest BCUT2D eigenvalue weighted by Crippen LogP contribution is -2.28. The van der Waals surface area contributed by atoms with Crippen molar-refractivity contribution in [1.29, 1.82) is 0 Å². The number of rotatable bonds is 1. The normalized spacial score (nSPS) is 24.5. The molecule has 0 spiro atoms. The van der Waals surface area contributed by atoms with Crippen molar-refractivity contribution in [3.8, 4) is 0 Å². The van der Waals surface area contributed by atoms with E-state index in [2.05, 4.69) is 4.74 Å². The lowest BCUT2D eigenvalue weighted by molar-refractivity contribution is -0.136. The molecule has 1 rings (SSSR count). The average Bonchev–Trinajstić information content (AvgIpc) is 2.15. The van der Waals surface area contributed by atoms with E-state index in [0.29, 0.717) is 18.5 Å². The highest BCUT2D eigenvalue weighted by molar-refractivity contribution is 5.88. The van der Waals surface area contributed by atoms with Crippen molar-refractivity contribution < 1.29 is 13.6 Å². The minimum Gasteiger partial charge on any atom is -0.466 e. The number of carbonyl (C=O) groups excluding carboxylic acids is 1. The number of nitrogens with zero attached hydrogens (tertiary/aromatic N) is 1. The van der Waals surface area contributed by atoms with Crippen LogP contribution < -0.4 is 0 Å². The van der Waals surface area contributed by atoms with Gasteiger partial charge in [0.15, 0.2) is 0 Å². The first-order valence-corrected chi connectivity index (χ1v) is 3.47. The molecule has 0 aromatic rings. The van der Waals surface area contributed by atoms with E-state index in [0.717, 1.165) is 0 Å². The third-order valence-corrected chi connectivity index (χ3v) is 1.60. The van der Waals surface area contributed by atoms with Gasteiger partial charge in [-0.3, -0.25) is 0 Å². The Morgan fingerprint density at radius 2 is 2.73 bits per heavy atom. The van der Waals surface area contributed by atoms with Gasteiger partial charge < -0.3 is 9.64 Å². The molecule has 0 aromatic heterocycles. The van der Waals surface area contributed by atoms with Crippen molar-refractivity contribution in [3.63, 3.8) is 0 Å². The number of hydrogen-bond acceptors (Lipinski definition) is 3. The summed E-state index contributed by atoms with van der Waals surface area (Å²) in [6, 6.07) is 0. The Hall–Kier alpha value is -0.830. The highest BCUT2D eigenvalue weighted by Crippen LogP contribution is 2.08. The molecule has 3 nitrogen and oxygen atoms in total. The molecule has 0 aromatic carbocycles. The maximum Gasteiger partial charge on any atom is 0.334 e. The van der Waals surface area contributed by atoms with Gasteiger partial charge >= 0.3 is 5.97 Å². The molecule has 0 saturated heterocycles. The third kappa shape index (κ3) is 2.05. The lowest BCUT2D eigenvalue weighted by Gasteiger charge is -2.21. The van der Waals surface area contributed by atoms with Crippen molar-refractivity contribution in [1.82, 2.24) is 4.90 Å². The van der Waals surface area contributed by atoms with Gasteiger partial charge in [-0.15, -0.1) is 0 Å². The topological polar surface area (TPSA) is 29.5 Å². The van der Waals surface area contributed by atoms with E-state index in [4.69, 9.17) is 4.11 Å². The van der Waals surface area contributed by atoms with Crippen molar-refractivity contribution in [3.05, 3.63) is 11.6 Å². The summed E-state index contributed by atoms with van der Waals surface area (Å²) in [7, 11) is 1.29. The van der Waals surface area contributed by atoms with E-state index >= 15 is 0 Å². The van der Waals surface area contributed by atoms with Crippen LogP contribution in [0.1, 0.15) is 10.5 Å². The van der Waals surface area contributed by atoms with Gasteiger partial charge in [0.25, 0.3) is 0 Å². The first kappa shape index (κ1) is 4.93. The van der Waals surface area contributed by atoms with E-state index in [9.17, 15) is 4.79 Å². The Kier molecular flexibility index (Phi) is 1.58. The molecular formula is C8H13NO2. The Morgan fingerprint density at radius 3 is 3.36 bits per heavy atom. The molecule has 1 aliphatic heterocycles. The van der Waals surface area contributed by atoms with Gasteiger partial charge in [0, 0.05) is 22.8 Å². The van der Waals surface area contributed by atoms with Gasteiger partial charge in [-0.25, -0.2) is 4.79 Å². The van der Waals surface area contributed by atoms with Gasteiger partial charge in [-0.05, 0) is 13.4 Å². The number of esters is 1. The molecule has 0 atom stereocenters. The highest BCUT2D eigenvalue weighted by atomic mass is 16.5. The van der Waals surface area contributed by atoms with Crippen LogP contribution in [0.3, 0.4) is 0 Å². The zero-order chi connectivity index (χ0) is 10.8. The first-order chi connectivity index (χ1) is 6.45. The molecule has 0 unspecified atom stereocenters. The number of likely N-dealkylation sites (N-methyl/N-ethyl adjacent to an activating group) is 1. The van der Waals surface area contributed by atoms with Gasteiger partial charge in [-0.2, -0.15) is 0 Å². The van der Waals surface area contributed by atoms with Crippen molar-refractivity contribution in [2.75, 3.05) is 27.2 Å². The van der Waals surface area contributed by atoms with Gasteiger partial charge in [-0.1, -0.05) is 6.08 Å². The van der Waals surface area contributed by atoms with Crippen LogP contribution in [-0.4, -0.2) is 38.0 Å². The number of carbonyl (C=O) groups is 1. The molecule has 0 amide bonds. The maximum atomic E-state index is 11.1. The van der Waals surface area contributed by atoms with Crippen LogP contribution in [0.5, 0.6) is 0 Å². The molecule has 1 aliphatic rings.